The summed E-state index contributed by atoms with van der Waals surface area (Å²) in [4.78, 5) is 12.6. The molecule has 0 aromatic heterocycles. The predicted octanol–water partition coefficient (Wildman–Crippen LogP) is 5.00. The van der Waals surface area contributed by atoms with E-state index in [1.165, 1.54) is 0 Å². The third kappa shape index (κ3) is 2.41. The van der Waals surface area contributed by atoms with E-state index in [1.54, 1.807) is 18.2 Å². The van der Waals surface area contributed by atoms with E-state index in [1.807, 2.05) is 24.3 Å². The molecule has 0 aliphatic heterocycles. The van der Waals surface area contributed by atoms with Crippen LogP contribution in [0.3, 0.4) is 0 Å². The number of hydrogen-bond donors (Lipinski definition) is 0. The minimum absolute atomic E-state index is 0.0491. The predicted molar refractivity (Wildman–Crippen MR) is 78.7 cm³/mol. The summed E-state index contributed by atoms with van der Waals surface area (Å²) in [5.74, 6) is -2.60. The highest BCUT2D eigenvalue weighted by Crippen LogP contribution is 2.26. The van der Waals surface area contributed by atoms with Crippen LogP contribution in [0.4, 0.5) is 8.78 Å². The number of carbonyl (C=O) groups is 1. The molecule has 0 aliphatic rings. The molecular formula is C17H9ClF2O. The Balaban J connectivity index is 2.20. The van der Waals surface area contributed by atoms with E-state index in [2.05, 4.69) is 0 Å². The molecule has 104 valence electrons. The van der Waals surface area contributed by atoms with Gasteiger partial charge in [0, 0.05) is 11.1 Å². The number of carbonyl (C=O) groups excluding carboxylic acids is 1. The zero-order chi connectivity index (χ0) is 15.0. The first kappa shape index (κ1) is 13.7. The molecule has 0 spiro atoms. The summed E-state index contributed by atoms with van der Waals surface area (Å²) in [7, 11) is 0. The lowest BCUT2D eigenvalue weighted by atomic mass is 9.97. The van der Waals surface area contributed by atoms with E-state index in [-0.39, 0.29) is 10.6 Å². The molecule has 0 atom stereocenters. The van der Waals surface area contributed by atoms with Gasteiger partial charge in [0.2, 0.25) is 0 Å². The first-order valence-electron chi connectivity index (χ1n) is 6.25. The molecule has 3 rings (SSSR count). The number of fused-ring (bicyclic) bond motifs is 1. The molecule has 0 radical (unpaired) electrons. The molecule has 21 heavy (non-hydrogen) atoms. The maximum Gasteiger partial charge on any atom is 0.195 e. The van der Waals surface area contributed by atoms with Crippen LogP contribution >= 0.6 is 11.6 Å². The quantitative estimate of drug-likeness (QED) is 0.481. The van der Waals surface area contributed by atoms with Crippen LogP contribution in [0.15, 0.2) is 54.6 Å². The van der Waals surface area contributed by atoms with Crippen molar-refractivity contribution in [1.82, 2.24) is 0 Å². The third-order valence-corrected chi connectivity index (χ3v) is 3.60. The average molecular weight is 303 g/mol. The first-order valence-corrected chi connectivity index (χ1v) is 6.63. The Kier molecular flexibility index (Phi) is 3.43. The lowest BCUT2D eigenvalue weighted by Crippen LogP contribution is -2.04. The Morgan fingerprint density at radius 1 is 0.857 bits per heavy atom. The summed E-state index contributed by atoms with van der Waals surface area (Å²) < 4.78 is 26.5. The van der Waals surface area contributed by atoms with Crippen molar-refractivity contribution in [2.75, 3.05) is 0 Å². The topological polar surface area (TPSA) is 17.1 Å². The van der Waals surface area contributed by atoms with Crippen LogP contribution in [0.25, 0.3) is 10.8 Å². The SMILES string of the molecule is O=C(c1cc(F)c(F)cc1Cl)c1cccc2ccccc12. The third-order valence-electron chi connectivity index (χ3n) is 3.29. The van der Waals surface area contributed by atoms with E-state index in [9.17, 15) is 13.6 Å². The molecule has 0 bridgehead atoms. The molecule has 0 fully saturated rings. The molecule has 0 aliphatic carbocycles. The number of hydrogen-bond acceptors (Lipinski definition) is 1. The van der Waals surface area contributed by atoms with Crippen molar-refractivity contribution in [3.05, 3.63) is 82.4 Å². The Hall–Kier alpha value is -2.26. The molecule has 1 nitrogen and oxygen atoms in total. The fourth-order valence-corrected chi connectivity index (χ4v) is 2.50. The fraction of sp³-hybridized carbons (Fsp3) is 0. The van der Waals surface area contributed by atoms with Gasteiger partial charge >= 0.3 is 0 Å². The maximum atomic E-state index is 13.4. The molecule has 4 heteroatoms. The van der Waals surface area contributed by atoms with Gasteiger partial charge in [-0.2, -0.15) is 0 Å². The highest BCUT2D eigenvalue weighted by molar-refractivity contribution is 6.35. The molecule has 0 N–H and O–H groups in total. The summed E-state index contributed by atoms with van der Waals surface area (Å²) in [6, 6.07) is 14.3. The van der Waals surface area contributed by atoms with Gasteiger partial charge in [0.05, 0.1) is 5.02 Å². The number of benzene rings is 3. The molecule has 3 aromatic rings. The van der Waals surface area contributed by atoms with Crippen LogP contribution in [-0.2, 0) is 0 Å². The van der Waals surface area contributed by atoms with Gasteiger partial charge in [-0.25, -0.2) is 8.78 Å². The van der Waals surface area contributed by atoms with Gasteiger partial charge in [0.15, 0.2) is 17.4 Å². The van der Waals surface area contributed by atoms with Gasteiger partial charge in [-0.3, -0.25) is 4.79 Å². The molecule has 0 saturated heterocycles. The van der Waals surface area contributed by atoms with Crippen molar-refractivity contribution in [2.45, 2.75) is 0 Å². The summed E-state index contributed by atoms with van der Waals surface area (Å²) in [6.07, 6.45) is 0. The van der Waals surface area contributed by atoms with Crippen molar-refractivity contribution in [2.24, 2.45) is 0 Å². The molecular weight excluding hydrogens is 294 g/mol. The monoisotopic (exact) mass is 302 g/mol. The normalized spacial score (nSPS) is 10.8. The van der Waals surface area contributed by atoms with E-state index >= 15 is 0 Å². The van der Waals surface area contributed by atoms with Gasteiger partial charge in [-0.05, 0) is 22.9 Å². The molecule has 0 amide bonds. The van der Waals surface area contributed by atoms with E-state index in [4.69, 9.17) is 11.6 Å². The second kappa shape index (κ2) is 5.26. The number of halogens is 3. The van der Waals surface area contributed by atoms with Crippen molar-refractivity contribution in [3.8, 4) is 0 Å². The minimum atomic E-state index is -1.09. The van der Waals surface area contributed by atoms with E-state index in [0.29, 0.717) is 5.56 Å². The lowest BCUT2D eigenvalue weighted by molar-refractivity contribution is 0.104. The zero-order valence-corrected chi connectivity index (χ0v) is 11.5. The standard InChI is InChI=1S/C17H9ClF2O/c18-14-9-16(20)15(19)8-13(14)17(21)12-7-3-5-10-4-1-2-6-11(10)12/h1-9H. The molecule has 0 unspecified atom stereocenters. The second-order valence-corrected chi connectivity index (χ2v) is 5.01. The maximum absolute atomic E-state index is 13.4. The van der Waals surface area contributed by atoms with E-state index < -0.39 is 17.4 Å². The summed E-state index contributed by atoms with van der Waals surface area (Å²) >= 11 is 5.87. The van der Waals surface area contributed by atoms with Gasteiger partial charge in [-0.1, -0.05) is 54.1 Å². The van der Waals surface area contributed by atoms with Crippen LogP contribution < -0.4 is 0 Å². The smallest absolute Gasteiger partial charge is 0.195 e. The summed E-state index contributed by atoms with van der Waals surface area (Å²) in [5.41, 5.74) is 0.355. The lowest BCUT2D eigenvalue weighted by Gasteiger charge is -2.08. The minimum Gasteiger partial charge on any atom is -0.289 e. The highest BCUT2D eigenvalue weighted by atomic mass is 35.5. The summed E-state index contributed by atoms with van der Waals surface area (Å²) in [6.45, 7) is 0. The van der Waals surface area contributed by atoms with E-state index in [0.717, 1.165) is 22.9 Å². The second-order valence-electron chi connectivity index (χ2n) is 4.60. The van der Waals surface area contributed by atoms with Crippen molar-refractivity contribution in [1.29, 1.82) is 0 Å². The Morgan fingerprint density at radius 2 is 1.52 bits per heavy atom. The Labute approximate surface area is 124 Å². The van der Waals surface area contributed by atoms with Gasteiger partial charge in [0.1, 0.15) is 0 Å². The van der Waals surface area contributed by atoms with Crippen molar-refractivity contribution in [3.63, 3.8) is 0 Å². The van der Waals surface area contributed by atoms with Crippen molar-refractivity contribution >= 4 is 28.2 Å². The highest BCUT2D eigenvalue weighted by Gasteiger charge is 2.18. The van der Waals surface area contributed by atoms with Gasteiger partial charge < -0.3 is 0 Å². The Morgan fingerprint density at radius 3 is 2.33 bits per heavy atom. The van der Waals surface area contributed by atoms with Crippen LogP contribution in [0, 0.1) is 11.6 Å². The van der Waals surface area contributed by atoms with Crippen LogP contribution in [0.1, 0.15) is 15.9 Å². The fourth-order valence-electron chi connectivity index (χ4n) is 2.27. The number of rotatable bonds is 2. The van der Waals surface area contributed by atoms with Gasteiger partial charge in [-0.15, -0.1) is 0 Å². The molecule has 3 aromatic carbocycles. The molecule has 0 saturated carbocycles. The average Bonchev–Trinajstić information content (AvgIpc) is 2.49. The number of ketones is 1. The summed E-state index contributed by atoms with van der Waals surface area (Å²) in [5, 5.41) is 1.53. The zero-order valence-electron chi connectivity index (χ0n) is 10.7. The Bertz CT molecular complexity index is 853. The molecule has 0 heterocycles. The van der Waals surface area contributed by atoms with Crippen LogP contribution in [-0.4, -0.2) is 5.78 Å². The van der Waals surface area contributed by atoms with Crippen molar-refractivity contribution < 1.29 is 13.6 Å². The largest absolute Gasteiger partial charge is 0.289 e. The van der Waals surface area contributed by atoms with Crippen LogP contribution in [0.5, 0.6) is 0 Å². The van der Waals surface area contributed by atoms with Gasteiger partial charge in [0.25, 0.3) is 0 Å². The first-order chi connectivity index (χ1) is 10.1. The van der Waals surface area contributed by atoms with Crippen LogP contribution in [0.2, 0.25) is 5.02 Å².